The van der Waals surface area contributed by atoms with Crippen molar-refractivity contribution in [3.05, 3.63) is 44.5 Å². The average molecular weight is 427 g/mol. The van der Waals surface area contributed by atoms with E-state index in [0.29, 0.717) is 18.6 Å². The summed E-state index contributed by atoms with van der Waals surface area (Å²) in [6.07, 6.45) is 0.802. The Labute approximate surface area is 167 Å². The highest BCUT2D eigenvalue weighted by Gasteiger charge is 2.34. The lowest BCUT2D eigenvalue weighted by atomic mass is 10.1. The zero-order chi connectivity index (χ0) is 20.5. The van der Waals surface area contributed by atoms with Crippen molar-refractivity contribution in [1.82, 2.24) is 8.87 Å². The van der Waals surface area contributed by atoms with E-state index in [2.05, 4.69) is 4.74 Å². The molecule has 0 spiro atoms. The van der Waals surface area contributed by atoms with Crippen LogP contribution in [0.2, 0.25) is 0 Å². The number of carbonyl (C=O) groups is 1. The molecule has 0 aliphatic carbocycles. The second-order valence-electron chi connectivity index (χ2n) is 6.56. The maximum atomic E-state index is 12.9. The van der Waals surface area contributed by atoms with Crippen LogP contribution < -0.4 is 10.3 Å². The van der Waals surface area contributed by atoms with Gasteiger partial charge in [-0.15, -0.1) is 11.3 Å². The van der Waals surface area contributed by atoms with Gasteiger partial charge in [0.1, 0.15) is 21.6 Å². The van der Waals surface area contributed by atoms with Gasteiger partial charge in [0.15, 0.2) is 0 Å². The number of aromatic nitrogens is 1. The van der Waals surface area contributed by atoms with Crippen LogP contribution >= 0.6 is 11.3 Å². The molecule has 2 aromatic heterocycles. The van der Waals surface area contributed by atoms with E-state index < -0.39 is 16.0 Å². The number of hydrogen-bond acceptors (Lipinski definition) is 7. The van der Waals surface area contributed by atoms with Crippen LogP contribution in [0.25, 0.3) is 0 Å². The normalized spacial score (nSPS) is 16.1. The number of aryl methyl sites for hydroxylation is 1. The van der Waals surface area contributed by atoms with Gasteiger partial charge >= 0.3 is 5.97 Å². The van der Waals surface area contributed by atoms with Crippen molar-refractivity contribution in [2.24, 2.45) is 7.05 Å². The highest BCUT2D eigenvalue weighted by molar-refractivity contribution is 7.89. The maximum Gasteiger partial charge on any atom is 0.349 e. The van der Waals surface area contributed by atoms with Gasteiger partial charge in [0.2, 0.25) is 10.0 Å². The van der Waals surface area contributed by atoms with E-state index in [1.165, 1.54) is 28.1 Å². The third-order valence-corrected chi connectivity index (χ3v) is 7.76. The van der Waals surface area contributed by atoms with Crippen LogP contribution in [-0.2, 0) is 21.8 Å². The lowest BCUT2D eigenvalue weighted by Gasteiger charge is -2.31. The fourth-order valence-electron chi connectivity index (χ4n) is 3.07. The zero-order valence-electron chi connectivity index (χ0n) is 15.9. The minimum Gasteiger partial charge on any atom is -0.490 e. The molecule has 0 atom stereocenters. The van der Waals surface area contributed by atoms with Crippen molar-refractivity contribution in [3.8, 4) is 5.75 Å². The van der Waals surface area contributed by atoms with Crippen molar-refractivity contribution in [2.75, 3.05) is 20.2 Å². The van der Waals surface area contributed by atoms with Crippen LogP contribution in [0.4, 0.5) is 0 Å². The quantitative estimate of drug-likeness (QED) is 0.677. The summed E-state index contributed by atoms with van der Waals surface area (Å²) in [4.78, 5) is 23.8. The monoisotopic (exact) mass is 426 g/mol. The Balaban J connectivity index is 1.69. The molecule has 0 saturated carbocycles. The van der Waals surface area contributed by atoms with Crippen molar-refractivity contribution in [1.29, 1.82) is 0 Å². The Morgan fingerprint density at radius 2 is 1.93 bits per heavy atom. The first-order valence-corrected chi connectivity index (χ1v) is 11.1. The number of carbonyl (C=O) groups excluding carboxylic acids is 1. The number of hydrogen-bond donors (Lipinski definition) is 0. The second kappa shape index (κ2) is 8.06. The molecule has 0 N–H and O–H groups in total. The Morgan fingerprint density at radius 3 is 2.54 bits per heavy atom. The molecule has 0 unspecified atom stereocenters. The fraction of sp³-hybridized carbons (Fsp3) is 0.444. The van der Waals surface area contributed by atoms with Gasteiger partial charge in [-0.05, 0) is 37.3 Å². The van der Waals surface area contributed by atoms with Crippen molar-refractivity contribution < 1.29 is 22.7 Å². The van der Waals surface area contributed by atoms with E-state index >= 15 is 0 Å². The summed E-state index contributed by atoms with van der Waals surface area (Å²) in [5.41, 5.74) is 0.637. The third-order valence-electron chi connectivity index (χ3n) is 4.80. The number of methoxy groups -OCH3 is 1. The van der Waals surface area contributed by atoms with Crippen LogP contribution in [0.15, 0.2) is 33.3 Å². The summed E-state index contributed by atoms with van der Waals surface area (Å²) < 4.78 is 39.3. The van der Waals surface area contributed by atoms with E-state index in [9.17, 15) is 18.0 Å². The molecule has 10 heteroatoms. The van der Waals surface area contributed by atoms with Gasteiger partial charge in [-0.2, -0.15) is 4.31 Å². The minimum absolute atomic E-state index is 0.0223. The molecule has 3 rings (SSSR count). The number of piperidine rings is 1. The average Bonchev–Trinajstić information content (AvgIpc) is 3.16. The Morgan fingerprint density at radius 1 is 1.25 bits per heavy atom. The predicted molar refractivity (Wildman–Crippen MR) is 104 cm³/mol. The topological polar surface area (TPSA) is 94.9 Å². The number of ether oxygens (including phenoxy) is 2. The van der Waals surface area contributed by atoms with Crippen LogP contribution in [0, 0.1) is 6.92 Å². The predicted octanol–water partition coefficient (Wildman–Crippen LogP) is 1.77. The number of rotatable bonds is 5. The van der Waals surface area contributed by atoms with E-state index in [4.69, 9.17) is 4.74 Å². The number of thiophene rings is 1. The summed E-state index contributed by atoms with van der Waals surface area (Å²) in [7, 11) is -0.871. The van der Waals surface area contributed by atoms with E-state index in [-0.39, 0.29) is 34.5 Å². The second-order valence-corrected chi connectivity index (χ2v) is 9.38. The van der Waals surface area contributed by atoms with Gasteiger partial charge in [0.25, 0.3) is 5.56 Å². The molecule has 8 nitrogen and oxygen atoms in total. The van der Waals surface area contributed by atoms with Crippen LogP contribution in [0.5, 0.6) is 5.75 Å². The van der Waals surface area contributed by atoms with Gasteiger partial charge in [-0.1, -0.05) is 0 Å². The molecule has 0 aromatic carbocycles. The molecule has 0 amide bonds. The number of esters is 1. The smallest absolute Gasteiger partial charge is 0.349 e. The minimum atomic E-state index is -3.79. The highest BCUT2D eigenvalue weighted by atomic mass is 32.2. The SMILES string of the molecule is COC(=O)c1sccc1S(=O)(=O)N1CCC(Oc2cc(C)n(C)c(=O)c2)CC1. The number of pyridine rings is 1. The van der Waals surface area contributed by atoms with Gasteiger partial charge in [0, 0.05) is 31.9 Å². The largest absolute Gasteiger partial charge is 0.490 e. The van der Waals surface area contributed by atoms with Gasteiger partial charge in [-0.25, -0.2) is 13.2 Å². The summed E-state index contributed by atoms with van der Waals surface area (Å²) in [6, 6.07) is 4.65. The first-order valence-electron chi connectivity index (χ1n) is 8.74. The van der Waals surface area contributed by atoms with Gasteiger partial charge in [0.05, 0.1) is 7.11 Å². The molecular formula is C18H22N2O6S2. The molecule has 1 saturated heterocycles. The number of sulfonamides is 1. The zero-order valence-corrected chi connectivity index (χ0v) is 17.5. The summed E-state index contributed by atoms with van der Waals surface area (Å²) >= 11 is 1.04. The molecule has 28 heavy (non-hydrogen) atoms. The lowest BCUT2D eigenvalue weighted by molar-refractivity contribution is 0.0602. The van der Waals surface area contributed by atoms with Crippen LogP contribution in [0.1, 0.15) is 28.2 Å². The maximum absolute atomic E-state index is 12.9. The van der Waals surface area contributed by atoms with E-state index in [1.807, 2.05) is 6.92 Å². The first-order chi connectivity index (χ1) is 13.2. The van der Waals surface area contributed by atoms with Crippen molar-refractivity contribution in [2.45, 2.75) is 30.8 Å². The molecule has 1 aliphatic rings. The lowest BCUT2D eigenvalue weighted by Crippen LogP contribution is -2.42. The Hall–Kier alpha value is -2.17. The third kappa shape index (κ3) is 3.98. The molecule has 1 fully saturated rings. The van der Waals surface area contributed by atoms with Crippen molar-refractivity contribution in [3.63, 3.8) is 0 Å². The Kier molecular flexibility index (Phi) is 5.92. The summed E-state index contributed by atoms with van der Waals surface area (Å²) in [5.74, 6) is -0.166. The first kappa shape index (κ1) is 20.6. The van der Waals surface area contributed by atoms with Gasteiger partial charge in [-0.3, -0.25) is 4.79 Å². The highest BCUT2D eigenvalue weighted by Crippen LogP contribution is 2.28. The molecular weight excluding hydrogens is 404 g/mol. The van der Waals surface area contributed by atoms with Crippen LogP contribution in [-0.4, -0.2) is 49.6 Å². The molecule has 0 radical (unpaired) electrons. The molecule has 0 bridgehead atoms. The van der Waals surface area contributed by atoms with Crippen LogP contribution in [0.3, 0.4) is 0 Å². The number of nitrogens with zero attached hydrogens (tertiary/aromatic N) is 2. The summed E-state index contributed by atoms with van der Waals surface area (Å²) in [5, 5.41) is 1.56. The van der Waals surface area contributed by atoms with Crippen molar-refractivity contribution >= 4 is 27.3 Å². The standard InChI is InChI=1S/C18H22N2O6S2/c1-12-10-14(11-16(21)19(12)2)26-13-4-7-20(8-5-13)28(23,24)15-6-9-27-17(15)18(22)25-3/h6,9-11,13H,4-5,7-8H2,1-3H3. The van der Waals surface area contributed by atoms with E-state index in [1.54, 1.807) is 18.5 Å². The molecule has 152 valence electrons. The summed E-state index contributed by atoms with van der Waals surface area (Å²) in [6.45, 7) is 2.36. The Bertz CT molecular complexity index is 1030. The molecule has 3 heterocycles. The molecule has 2 aromatic rings. The van der Waals surface area contributed by atoms with E-state index in [0.717, 1.165) is 17.0 Å². The fourth-order valence-corrected chi connectivity index (χ4v) is 5.85. The van der Waals surface area contributed by atoms with Gasteiger partial charge < -0.3 is 14.0 Å². The molecule has 1 aliphatic heterocycles.